The first-order valence-corrected chi connectivity index (χ1v) is 8.57. The number of rotatable bonds is 6. The molecule has 138 valence electrons. The number of hydrogen-bond acceptors (Lipinski definition) is 3. The lowest BCUT2D eigenvalue weighted by Crippen LogP contribution is -2.38. The molecule has 0 unspecified atom stereocenters. The second-order valence-electron chi connectivity index (χ2n) is 4.75. The fourth-order valence-corrected chi connectivity index (χ4v) is 2.29. The van der Waals surface area contributed by atoms with Crippen LogP contribution in [0.5, 0.6) is 0 Å². The van der Waals surface area contributed by atoms with E-state index in [0.29, 0.717) is 11.3 Å². The Morgan fingerprint density at radius 1 is 1.21 bits per heavy atom. The van der Waals surface area contributed by atoms with Crippen molar-refractivity contribution in [3.63, 3.8) is 0 Å². The van der Waals surface area contributed by atoms with E-state index in [4.69, 9.17) is 0 Å². The van der Waals surface area contributed by atoms with Crippen LogP contribution in [-0.4, -0.2) is 40.4 Å². The number of benzene rings is 1. The summed E-state index contributed by atoms with van der Waals surface area (Å²) in [5, 5.41) is 5.38. The maximum absolute atomic E-state index is 12.1. The molecule has 0 saturated heterocycles. The van der Waals surface area contributed by atoms with Crippen molar-refractivity contribution in [3.8, 4) is 0 Å². The molecule has 0 aliphatic carbocycles. The number of sulfonamides is 1. The molecule has 0 amide bonds. The molecule has 0 spiro atoms. The minimum Gasteiger partial charge on any atom is -0.356 e. The number of nitrogens with one attached hydrogen (secondary N) is 3. The Bertz CT molecular complexity index is 651. The van der Waals surface area contributed by atoms with Crippen LogP contribution in [0.25, 0.3) is 0 Å². The maximum atomic E-state index is 12.1. The number of alkyl halides is 3. The maximum Gasteiger partial charge on any atom is 0.390 e. The van der Waals surface area contributed by atoms with Gasteiger partial charge in [-0.25, -0.2) is 8.42 Å². The number of anilines is 1. The normalized spacial score (nSPS) is 12.3. The van der Waals surface area contributed by atoms with Crippen molar-refractivity contribution < 1.29 is 21.6 Å². The molecule has 3 N–H and O–H groups in total. The first-order chi connectivity index (χ1) is 10.6. The van der Waals surface area contributed by atoms with Crippen molar-refractivity contribution in [1.29, 1.82) is 0 Å². The molecule has 6 nitrogen and oxygen atoms in total. The van der Waals surface area contributed by atoms with Crippen LogP contribution in [0.2, 0.25) is 0 Å². The van der Waals surface area contributed by atoms with E-state index in [-0.39, 0.29) is 43.0 Å². The number of halogens is 4. The molecule has 1 aromatic carbocycles. The standard InChI is InChI=1S/C13H19F3N4O2S.HI/c1-17-12(18-8-7-13(14,15)16)19-9-10-5-3-4-6-11(10)20-23(2,21)22;/h3-6,20H,7-9H2,1-2H3,(H2,17,18,19);1H. The topological polar surface area (TPSA) is 82.6 Å². The highest BCUT2D eigenvalue weighted by Crippen LogP contribution is 2.18. The van der Waals surface area contributed by atoms with Crippen LogP contribution >= 0.6 is 24.0 Å². The molecule has 24 heavy (non-hydrogen) atoms. The van der Waals surface area contributed by atoms with E-state index in [9.17, 15) is 21.6 Å². The van der Waals surface area contributed by atoms with Gasteiger partial charge in [0.05, 0.1) is 18.4 Å². The summed E-state index contributed by atoms with van der Waals surface area (Å²) in [6.07, 6.45) is -4.17. The van der Waals surface area contributed by atoms with Crippen molar-refractivity contribution in [2.24, 2.45) is 4.99 Å². The molecule has 0 radical (unpaired) electrons. The Hall–Kier alpha value is -1.24. The summed E-state index contributed by atoms with van der Waals surface area (Å²) < 4.78 is 61.3. The third-order valence-corrected chi connectivity index (χ3v) is 3.27. The number of para-hydroxylation sites is 1. The highest BCUT2D eigenvalue weighted by atomic mass is 127. The Morgan fingerprint density at radius 2 is 1.83 bits per heavy atom. The number of hydrogen-bond donors (Lipinski definition) is 3. The van der Waals surface area contributed by atoms with Crippen molar-refractivity contribution in [3.05, 3.63) is 29.8 Å². The van der Waals surface area contributed by atoms with E-state index in [2.05, 4.69) is 20.3 Å². The number of nitrogens with zero attached hydrogens (tertiary/aromatic N) is 1. The average Bonchev–Trinajstić information content (AvgIpc) is 2.41. The van der Waals surface area contributed by atoms with E-state index in [0.717, 1.165) is 6.26 Å². The van der Waals surface area contributed by atoms with Gasteiger partial charge in [0.25, 0.3) is 0 Å². The zero-order chi connectivity index (χ0) is 17.5. The summed E-state index contributed by atoms with van der Waals surface area (Å²) in [5.41, 5.74) is 1.03. The Balaban J connectivity index is 0.00000529. The first-order valence-electron chi connectivity index (χ1n) is 6.68. The van der Waals surface area contributed by atoms with Gasteiger partial charge in [0.15, 0.2) is 5.96 Å². The van der Waals surface area contributed by atoms with Gasteiger partial charge in [-0.3, -0.25) is 9.71 Å². The Kier molecular flexibility index (Phi) is 9.40. The van der Waals surface area contributed by atoms with Gasteiger partial charge < -0.3 is 10.6 Å². The summed E-state index contributed by atoms with van der Waals surface area (Å²) in [5.74, 6) is 0.198. The Morgan fingerprint density at radius 3 is 2.38 bits per heavy atom. The fraction of sp³-hybridized carbons (Fsp3) is 0.462. The predicted molar refractivity (Wildman–Crippen MR) is 99.2 cm³/mol. The lowest BCUT2D eigenvalue weighted by Gasteiger charge is -2.15. The largest absolute Gasteiger partial charge is 0.390 e. The van der Waals surface area contributed by atoms with E-state index in [1.165, 1.54) is 7.05 Å². The van der Waals surface area contributed by atoms with Gasteiger partial charge in [-0.2, -0.15) is 13.2 Å². The highest BCUT2D eigenvalue weighted by Gasteiger charge is 2.26. The third-order valence-electron chi connectivity index (χ3n) is 2.68. The molecule has 0 heterocycles. The second kappa shape index (κ2) is 9.91. The molecular formula is C13H20F3IN4O2S. The Labute approximate surface area is 156 Å². The van der Waals surface area contributed by atoms with E-state index in [1.54, 1.807) is 24.3 Å². The summed E-state index contributed by atoms with van der Waals surface area (Å²) in [6, 6.07) is 6.69. The van der Waals surface area contributed by atoms with Crippen LogP contribution < -0.4 is 15.4 Å². The molecule has 0 bridgehead atoms. The van der Waals surface area contributed by atoms with E-state index >= 15 is 0 Å². The minimum absolute atomic E-state index is 0. The van der Waals surface area contributed by atoms with E-state index in [1.807, 2.05) is 0 Å². The van der Waals surface area contributed by atoms with Gasteiger partial charge in [-0.15, -0.1) is 24.0 Å². The van der Waals surface area contributed by atoms with Crippen LogP contribution in [0.1, 0.15) is 12.0 Å². The molecule has 0 saturated carbocycles. The van der Waals surface area contributed by atoms with Gasteiger partial charge >= 0.3 is 6.18 Å². The third kappa shape index (κ3) is 9.80. The van der Waals surface area contributed by atoms with Crippen LogP contribution in [-0.2, 0) is 16.6 Å². The fourth-order valence-electron chi connectivity index (χ4n) is 1.70. The SMILES string of the molecule is CN=C(NCCC(F)(F)F)NCc1ccccc1NS(C)(=O)=O.I. The average molecular weight is 480 g/mol. The van der Waals surface area contributed by atoms with Crippen LogP contribution in [0.15, 0.2) is 29.3 Å². The minimum atomic E-state index is -4.24. The van der Waals surface area contributed by atoms with Gasteiger partial charge in [-0.05, 0) is 11.6 Å². The van der Waals surface area contributed by atoms with Gasteiger partial charge in [0.2, 0.25) is 10.0 Å². The second-order valence-corrected chi connectivity index (χ2v) is 6.50. The molecule has 0 atom stereocenters. The molecule has 0 aliphatic heterocycles. The van der Waals surface area contributed by atoms with Crippen LogP contribution in [0.4, 0.5) is 18.9 Å². The summed E-state index contributed by atoms with van der Waals surface area (Å²) in [7, 11) is -1.99. The quantitative estimate of drug-likeness (QED) is 0.332. The predicted octanol–water partition coefficient (Wildman–Crippen LogP) is 2.29. The molecule has 0 aliphatic rings. The lowest BCUT2D eigenvalue weighted by molar-refractivity contribution is -0.132. The van der Waals surface area contributed by atoms with Crippen molar-refractivity contribution in [2.75, 3.05) is 24.6 Å². The summed E-state index contributed by atoms with van der Waals surface area (Å²) >= 11 is 0. The van der Waals surface area contributed by atoms with Crippen molar-refractivity contribution >= 4 is 45.6 Å². The summed E-state index contributed by atoms with van der Waals surface area (Å²) in [4.78, 5) is 3.82. The first kappa shape index (κ1) is 22.8. The molecule has 1 aromatic rings. The molecule has 1 rings (SSSR count). The monoisotopic (exact) mass is 480 g/mol. The molecule has 0 aromatic heterocycles. The number of aliphatic imine (C=N–C) groups is 1. The van der Waals surface area contributed by atoms with Crippen molar-refractivity contribution in [2.45, 2.75) is 19.1 Å². The smallest absolute Gasteiger partial charge is 0.356 e. The van der Waals surface area contributed by atoms with Crippen LogP contribution in [0, 0.1) is 0 Å². The number of guanidine groups is 1. The molecule has 0 fully saturated rings. The zero-order valence-corrected chi connectivity index (χ0v) is 16.3. The van der Waals surface area contributed by atoms with Gasteiger partial charge in [-0.1, -0.05) is 18.2 Å². The lowest BCUT2D eigenvalue weighted by atomic mass is 10.2. The molecule has 11 heteroatoms. The van der Waals surface area contributed by atoms with Crippen LogP contribution in [0.3, 0.4) is 0 Å². The summed E-state index contributed by atoms with van der Waals surface area (Å²) in [6.45, 7) is -0.100. The van der Waals surface area contributed by atoms with Crippen molar-refractivity contribution in [1.82, 2.24) is 10.6 Å². The van der Waals surface area contributed by atoms with Gasteiger partial charge in [0.1, 0.15) is 0 Å². The molecular weight excluding hydrogens is 460 g/mol. The van der Waals surface area contributed by atoms with E-state index < -0.39 is 22.6 Å². The van der Waals surface area contributed by atoms with Gasteiger partial charge in [0, 0.05) is 20.1 Å². The highest BCUT2D eigenvalue weighted by molar-refractivity contribution is 14.0. The zero-order valence-electron chi connectivity index (χ0n) is 13.1.